The summed E-state index contributed by atoms with van der Waals surface area (Å²) in [5, 5.41) is 0. The third kappa shape index (κ3) is 3.49. The number of aryl methyl sites for hydroxylation is 1. The van der Waals surface area contributed by atoms with Crippen molar-refractivity contribution in [3.8, 4) is 0 Å². The molecule has 1 aromatic rings. The molecule has 1 unspecified atom stereocenters. The zero-order valence-corrected chi connectivity index (χ0v) is 15.1. The van der Waals surface area contributed by atoms with Crippen molar-refractivity contribution < 1.29 is 21.2 Å². The van der Waals surface area contributed by atoms with Crippen LogP contribution in [0.3, 0.4) is 0 Å². The van der Waals surface area contributed by atoms with Crippen LogP contribution in [0.25, 0.3) is 0 Å². The third-order valence-corrected chi connectivity index (χ3v) is 8.41. The van der Waals surface area contributed by atoms with Crippen LogP contribution in [0.4, 0.5) is 4.39 Å². The van der Waals surface area contributed by atoms with Gasteiger partial charge in [0.05, 0.1) is 16.4 Å². The summed E-state index contributed by atoms with van der Waals surface area (Å²) < 4.78 is 63.3. The summed E-state index contributed by atoms with van der Waals surface area (Å²) in [6.45, 7) is 3.19. The highest BCUT2D eigenvalue weighted by atomic mass is 32.2. The van der Waals surface area contributed by atoms with Crippen LogP contribution in [-0.2, 0) is 19.9 Å². The zero-order valence-electron chi connectivity index (χ0n) is 13.5. The molecule has 0 amide bonds. The molecule has 2 saturated heterocycles. The molecule has 0 aromatic heterocycles. The van der Waals surface area contributed by atoms with Crippen LogP contribution >= 0.6 is 0 Å². The second kappa shape index (κ2) is 6.36. The Hall–Kier alpha value is -1.03. The average molecular weight is 376 g/mol. The lowest BCUT2D eigenvalue weighted by Crippen LogP contribution is -2.52. The van der Waals surface area contributed by atoms with Crippen molar-refractivity contribution in [2.75, 3.05) is 37.7 Å². The van der Waals surface area contributed by atoms with Crippen molar-refractivity contribution in [3.05, 3.63) is 29.6 Å². The molecule has 134 valence electrons. The van der Waals surface area contributed by atoms with Crippen molar-refractivity contribution in [1.29, 1.82) is 0 Å². The first-order valence-electron chi connectivity index (χ1n) is 7.90. The van der Waals surface area contributed by atoms with E-state index < -0.39 is 25.7 Å². The van der Waals surface area contributed by atoms with E-state index in [9.17, 15) is 21.2 Å². The van der Waals surface area contributed by atoms with Gasteiger partial charge in [-0.1, -0.05) is 0 Å². The maximum Gasteiger partial charge on any atom is 0.243 e. The molecular weight excluding hydrogens is 355 g/mol. The summed E-state index contributed by atoms with van der Waals surface area (Å²) in [7, 11) is -6.60. The van der Waals surface area contributed by atoms with E-state index in [1.54, 1.807) is 0 Å². The third-order valence-electron chi connectivity index (χ3n) is 4.77. The van der Waals surface area contributed by atoms with Crippen molar-refractivity contribution in [2.24, 2.45) is 0 Å². The maximum absolute atomic E-state index is 13.4. The van der Waals surface area contributed by atoms with Gasteiger partial charge in [-0.3, -0.25) is 4.90 Å². The molecule has 24 heavy (non-hydrogen) atoms. The van der Waals surface area contributed by atoms with Crippen molar-refractivity contribution in [3.63, 3.8) is 0 Å². The molecule has 0 bridgehead atoms. The first kappa shape index (κ1) is 17.8. The summed E-state index contributed by atoms with van der Waals surface area (Å²) in [6.07, 6.45) is 0.617. The first-order chi connectivity index (χ1) is 11.2. The Kier molecular flexibility index (Phi) is 4.71. The number of hydrogen-bond acceptors (Lipinski definition) is 5. The van der Waals surface area contributed by atoms with Crippen molar-refractivity contribution in [2.45, 2.75) is 24.3 Å². The second-order valence-electron chi connectivity index (χ2n) is 6.41. The molecule has 2 aliphatic heterocycles. The number of piperazine rings is 1. The summed E-state index contributed by atoms with van der Waals surface area (Å²) in [5.74, 6) is -0.0525. The van der Waals surface area contributed by atoms with Gasteiger partial charge in [0.15, 0.2) is 9.84 Å². The average Bonchev–Trinajstić information content (AvgIpc) is 2.90. The van der Waals surface area contributed by atoms with Crippen LogP contribution in [0.5, 0.6) is 0 Å². The molecule has 6 nitrogen and oxygen atoms in total. The number of sulfone groups is 1. The molecule has 0 N–H and O–H groups in total. The van der Waals surface area contributed by atoms with Crippen molar-refractivity contribution in [1.82, 2.24) is 9.21 Å². The van der Waals surface area contributed by atoms with Gasteiger partial charge >= 0.3 is 0 Å². The van der Waals surface area contributed by atoms with Gasteiger partial charge in [-0.15, -0.1) is 0 Å². The predicted molar refractivity (Wildman–Crippen MR) is 88.5 cm³/mol. The van der Waals surface area contributed by atoms with E-state index in [0.29, 0.717) is 38.2 Å². The fourth-order valence-electron chi connectivity index (χ4n) is 3.30. The Labute approximate surface area is 142 Å². The van der Waals surface area contributed by atoms with E-state index in [1.165, 1.54) is 29.4 Å². The first-order valence-corrected chi connectivity index (χ1v) is 11.2. The Morgan fingerprint density at radius 3 is 2.38 bits per heavy atom. The van der Waals surface area contributed by atoms with Crippen LogP contribution in [0.15, 0.2) is 23.1 Å². The van der Waals surface area contributed by atoms with E-state index in [1.807, 2.05) is 0 Å². The van der Waals surface area contributed by atoms with Crippen LogP contribution < -0.4 is 0 Å². The molecule has 9 heteroatoms. The number of hydrogen-bond donors (Lipinski definition) is 0. The fourth-order valence-corrected chi connectivity index (χ4v) is 6.57. The number of benzene rings is 1. The SMILES string of the molecule is Cc1cc(S(=O)(=O)N2CCN(C3CCS(=O)(=O)C3)CC2)ccc1F. The molecule has 3 rings (SSSR count). The summed E-state index contributed by atoms with van der Waals surface area (Å²) in [4.78, 5) is 2.16. The van der Waals surface area contributed by atoms with Crippen LogP contribution in [-0.4, -0.2) is 69.8 Å². The van der Waals surface area contributed by atoms with Crippen LogP contribution in [0, 0.1) is 12.7 Å². The standard InChI is InChI=1S/C15H21FN2O4S2/c1-12-10-14(2-3-15(12)16)24(21,22)18-7-5-17(6-8-18)13-4-9-23(19,20)11-13/h2-3,10,13H,4-9,11H2,1H3. The molecule has 0 aliphatic carbocycles. The Bertz CT molecular complexity index is 831. The molecule has 2 aliphatic rings. The lowest BCUT2D eigenvalue weighted by Gasteiger charge is -2.37. The minimum Gasteiger partial charge on any atom is -0.297 e. The second-order valence-corrected chi connectivity index (χ2v) is 10.6. The molecule has 2 fully saturated rings. The van der Waals surface area contributed by atoms with E-state index >= 15 is 0 Å². The molecule has 0 saturated carbocycles. The molecule has 0 spiro atoms. The minimum atomic E-state index is -3.65. The summed E-state index contributed by atoms with van der Waals surface area (Å²) in [6, 6.07) is 3.80. The van der Waals surface area contributed by atoms with E-state index in [4.69, 9.17) is 0 Å². The lowest BCUT2D eigenvalue weighted by molar-refractivity contribution is 0.148. The number of sulfonamides is 1. The number of rotatable bonds is 3. The molecule has 1 aromatic carbocycles. The van der Waals surface area contributed by atoms with Crippen LogP contribution in [0.1, 0.15) is 12.0 Å². The van der Waals surface area contributed by atoms with Gasteiger partial charge < -0.3 is 0 Å². The highest BCUT2D eigenvalue weighted by molar-refractivity contribution is 7.91. The minimum absolute atomic E-state index is 0.00656. The fraction of sp³-hybridized carbons (Fsp3) is 0.600. The van der Waals surface area contributed by atoms with Crippen molar-refractivity contribution >= 4 is 19.9 Å². The molecular formula is C15H21FN2O4S2. The van der Waals surface area contributed by atoms with Gasteiger partial charge in [0.25, 0.3) is 0 Å². The highest BCUT2D eigenvalue weighted by Gasteiger charge is 2.36. The van der Waals surface area contributed by atoms with Gasteiger partial charge in [0, 0.05) is 32.2 Å². The highest BCUT2D eigenvalue weighted by Crippen LogP contribution is 2.23. The van der Waals surface area contributed by atoms with Gasteiger partial charge in [0.1, 0.15) is 5.82 Å². The van der Waals surface area contributed by atoms with Gasteiger partial charge in [-0.05, 0) is 37.1 Å². The molecule has 1 atom stereocenters. The summed E-state index contributed by atoms with van der Waals surface area (Å²) >= 11 is 0. The van der Waals surface area contributed by atoms with Gasteiger partial charge in [-0.25, -0.2) is 21.2 Å². The normalized spacial score (nSPS) is 25.8. The Balaban J connectivity index is 1.68. The molecule has 2 heterocycles. The monoisotopic (exact) mass is 376 g/mol. The topological polar surface area (TPSA) is 74.8 Å². The summed E-state index contributed by atoms with van der Waals surface area (Å²) in [5.41, 5.74) is 0.297. The largest absolute Gasteiger partial charge is 0.297 e. The smallest absolute Gasteiger partial charge is 0.243 e. The predicted octanol–water partition coefficient (Wildman–Crippen LogP) is 0.628. The van der Waals surface area contributed by atoms with E-state index in [2.05, 4.69) is 4.90 Å². The maximum atomic E-state index is 13.4. The Morgan fingerprint density at radius 1 is 1.17 bits per heavy atom. The van der Waals surface area contributed by atoms with E-state index in [0.717, 1.165) is 0 Å². The quantitative estimate of drug-likeness (QED) is 0.773. The molecule has 0 radical (unpaired) electrons. The lowest BCUT2D eigenvalue weighted by atomic mass is 10.2. The zero-order chi connectivity index (χ0) is 17.5. The van der Waals surface area contributed by atoms with E-state index in [-0.39, 0.29) is 22.4 Å². The number of halogens is 1. The van der Waals surface area contributed by atoms with Crippen LogP contribution in [0.2, 0.25) is 0 Å². The van der Waals surface area contributed by atoms with Gasteiger partial charge in [0.2, 0.25) is 10.0 Å². The Morgan fingerprint density at radius 2 is 1.83 bits per heavy atom. The number of nitrogens with zero attached hydrogens (tertiary/aromatic N) is 2. The van der Waals surface area contributed by atoms with Gasteiger partial charge in [-0.2, -0.15) is 4.31 Å².